The van der Waals surface area contributed by atoms with E-state index in [0.29, 0.717) is 16.5 Å². The lowest BCUT2D eigenvalue weighted by atomic mass is 10.1. The van der Waals surface area contributed by atoms with Gasteiger partial charge in [0.25, 0.3) is 5.91 Å². The van der Waals surface area contributed by atoms with Crippen molar-refractivity contribution in [1.82, 2.24) is 4.98 Å². The predicted molar refractivity (Wildman–Crippen MR) is 128 cm³/mol. The molecule has 6 heteroatoms. The number of amides is 1. The van der Waals surface area contributed by atoms with E-state index in [9.17, 15) is 4.79 Å². The van der Waals surface area contributed by atoms with Crippen LogP contribution in [0, 0.1) is 0 Å². The Morgan fingerprint density at radius 1 is 0.935 bits per heavy atom. The van der Waals surface area contributed by atoms with E-state index in [1.165, 1.54) is 0 Å². The van der Waals surface area contributed by atoms with Crippen LogP contribution in [0.4, 0.5) is 5.69 Å². The third-order valence-electron chi connectivity index (χ3n) is 4.87. The first-order valence-corrected chi connectivity index (χ1v) is 10.9. The first kappa shape index (κ1) is 19.5. The van der Waals surface area contributed by atoms with Crippen molar-refractivity contribution >= 4 is 55.5 Å². The highest BCUT2D eigenvalue weighted by Gasteiger charge is 2.14. The number of nitrogens with zero attached hydrogens (tertiary/aromatic N) is 1. The number of benzene rings is 4. The first-order chi connectivity index (χ1) is 15.2. The maximum Gasteiger partial charge on any atom is 0.262 e. The summed E-state index contributed by atoms with van der Waals surface area (Å²) in [5, 5.41) is 6.51. The molecule has 0 aliphatic heterocycles. The standard InChI is InChI=1S/C25H17ClN2O2S/c26-18-10-12-21(20(14-18)25-28-22-7-3-4-8-23(22)31-25)27-24(29)15-30-19-11-9-16-5-1-2-6-17(16)13-19/h1-14H,15H2,(H,27,29). The van der Waals surface area contributed by atoms with Crippen LogP contribution < -0.4 is 10.1 Å². The summed E-state index contributed by atoms with van der Waals surface area (Å²) in [7, 11) is 0. The molecule has 5 aromatic rings. The van der Waals surface area contributed by atoms with Crippen molar-refractivity contribution in [1.29, 1.82) is 0 Å². The summed E-state index contributed by atoms with van der Waals surface area (Å²) in [4.78, 5) is 17.3. The number of thiazole rings is 1. The van der Waals surface area contributed by atoms with Gasteiger partial charge in [0.05, 0.1) is 15.9 Å². The Hall–Kier alpha value is -3.41. The zero-order valence-electron chi connectivity index (χ0n) is 16.3. The molecular formula is C25H17ClN2O2S. The molecule has 0 radical (unpaired) electrons. The van der Waals surface area contributed by atoms with Gasteiger partial charge in [-0.2, -0.15) is 0 Å². The molecule has 0 spiro atoms. The Morgan fingerprint density at radius 3 is 2.61 bits per heavy atom. The number of nitrogens with one attached hydrogen (secondary N) is 1. The van der Waals surface area contributed by atoms with Crippen molar-refractivity contribution in [2.75, 3.05) is 11.9 Å². The molecule has 0 saturated carbocycles. The molecule has 0 atom stereocenters. The fraction of sp³-hybridized carbons (Fsp3) is 0.0400. The Bertz CT molecular complexity index is 1380. The van der Waals surface area contributed by atoms with Gasteiger partial charge in [-0.25, -0.2) is 4.98 Å². The predicted octanol–water partition coefficient (Wildman–Crippen LogP) is 6.79. The number of hydrogen-bond donors (Lipinski definition) is 1. The van der Waals surface area contributed by atoms with Crippen molar-refractivity contribution in [3.8, 4) is 16.3 Å². The van der Waals surface area contributed by atoms with Crippen LogP contribution in [0.2, 0.25) is 5.02 Å². The van der Waals surface area contributed by atoms with E-state index in [4.69, 9.17) is 21.3 Å². The van der Waals surface area contributed by atoms with Crippen LogP contribution in [0.25, 0.3) is 31.6 Å². The van der Waals surface area contributed by atoms with E-state index in [-0.39, 0.29) is 12.5 Å². The quantitative estimate of drug-likeness (QED) is 0.324. The minimum atomic E-state index is -0.252. The van der Waals surface area contributed by atoms with E-state index in [1.54, 1.807) is 23.5 Å². The summed E-state index contributed by atoms with van der Waals surface area (Å²) in [6.07, 6.45) is 0. The second-order valence-corrected chi connectivity index (χ2v) is 8.49. The zero-order chi connectivity index (χ0) is 21.2. The summed E-state index contributed by atoms with van der Waals surface area (Å²) in [6.45, 7) is -0.0970. The van der Waals surface area contributed by atoms with E-state index >= 15 is 0 Å². The summed E-state index contributed by atoms with van der Waals surface area (Å²) >= 11 is 7.79. The molecular weight excluding hydrogens is 428 g/mol. The van der Waals surface area contributed by atoms with Crippen LogP contribution >= 0.6 is 22.9 Å². The van der Waals surface area contributed by atoms with E-state index in [2.05, 4.69) is 5.32 Å². The number of halogens is 1. The maximum absolute atomic E-state index is 12.6. The van der Waals surface area contributed by atoms with Crippen LogP contribution in [-0.4, -0.2) is 17.5 Å². The summed E-state index contributed by atoms with van der Waals surface area (Å²) in [5.74, 6) is 0.397. The van der Waals surface area contributed by atoms with Gasteiger partial charge >= 0.3 is 0 Å². The van der Waals surface area contributed by atoms with Gasteiger partial charge in [-0.3, -0.25) is 4.79 Å². The molecule has 0 aliphatic carbocycles. The molecule has 1 heterocycles. The van der Waals surface area contributed by atoms with E-state index in [1.807, 2.05) is 72.8 Å². The number of anilines is 1. The van der Waals surface area contributed by atoms with Crippen molar-refractivity contribution in [2.24, 2.45) is 0 Å². The molecule has 152 valence electrons. The zero-order valence-corrected chi connectivity index (χ0v) is 17.9. The maximum atomic E-state index is 12.6. The minimum Gasteiger partial charge on any atom is -0.484 e. The van der Waals surface area contributed by atoms with Gasteiger partial charge in [0.15, 0.2) is 6.61 Å². The van der Waals surface area contributed by atoms with Gasteiger partial charge in [-0.1, -0.05) is 54.1 Å². The fourth-order valence-electron chi connectivity index (χ4n) is 3.38. The lowest BCUT2D eigenvalue weighted by molar-refractivity contribution is -0.118. The highest BCUT2D eigenvalue weighted by atomic mass is 35.5. The smallest absolute Gasteiger partial charge is 0.262 e. The number of hydrogen-bond acceptors (Lipinski definition) is 4. The van der Waals surface area contributed by atoms with Gasteiger partial charge in [0.1, 0.15) is 10.8 Å². The highest BCUT2D eigenvalue weighted by molar-refractivity contribution is 7.21. The molecule has 1 amide bonds. The molecule has 0 fully saturated rings. The molecule has 5 rings (SSSR count). The Kier molecular flexibility index (Phi) is 5.28. The van der Waals surface area contributed by atoms with Gasteiger partial charge in [0.2, 0.25) is 0 Å². The number of aromatic nitrogens is 1. The van der Waals surface area contributed by atoms with Crippen LogP contribution in [0.1, 0.15) is 0 Å². The topological polar surface area (TPSA) is 51.2 Å². The normalized spacial score (nSPS) is 11.0. The third kappa shape index (κ3) is 4.24. The second-order valence-electron chi connectivity index (χ2n) is 7.02. The number of rotatable bonds is 5. The monoisotopic (exact) mass is 444 g/mol. The summed E-state index contributed by atoms with van der Waals surface area (Å²) in [5.41, 5.74) is 2.35. The number of carbonyl (C=O) groups excluding carboxylic acids is 1. The largest absolute Gasteiger partial charge is 0.484 e. The lowest BCUT2D eigenvalue weighted by Gasteiger charge is -2.11. The summed E-state index contributed by atoms with van der Waals surface area (Å²) in [6, 6.07) is 27.1. The average molecular weight is 445 g/mol. The molecule has 0 saturated heterocycles. The SMILES string of the molecule is O=C(COc1ccc2ccccc2c1)Nc1ccc(Cl)cc1-c1nc2ccccc2s1. The van der Waals surface area contributed by atoms with E-state index < -0.39 is 0 Å². The number of fused-ring (bicyclic) bond motifs is 2. The van der Waals surface area contributed by atoms with Gasteiger partial charge < -0.3 is 10.1 Å². The molecule has 1 N–H and O–H groups in total. The molecule has 31 heavy (non-hydrogen) atoms. The number of ether oxygens (including phenoxy) is 1. The van der Waals surface area contributed by atoms with Gasteiger partial charge in [-0.05, 0) is 53.2 Å². The van der Waals surface area contributed by atoms with E-state index in [0.717, 1.165) is 31.6 Å². The Morgan fingerprint density at radius 2 is 1.74 bits per heavy atom. The number of para-hydroxylation sites is 1. The minimum absolute atomic E-state index is 0.0970. The second kappa shape index (κ2) is 8.38. The Labute approximate surface area is 188 Å². The molecule has 0 bridgehead atoms. The van der Waals surface area contributed by atoms with Crippen LogP contribution in [0.15, 0.2) is 84.9 Å². The molecule has 1 aromatic heterocycles. The third-order valence-corrected chi connectivity index (χ3v) is 6.18. The lowest BCUT2D eigenvalue weighted by Crippen LogP contribution is -2.20. The molecule has 0 unspecified atom stereocenters. The average Bonchev–Trinajstić information content (AvgIpc) is 3.23. The van der Waals surface area contributed by atoms with Gasteiger partial charge in [-0.15, -0.1) is 11.3 Å². The van der Waals surface area contributed by atoms with Crippen molar-refractivity contribution in [2.45, 2.75) is 0 Å². The first-order valence-electron chi connectivity index (χ1n) is 9.73. The number of carbonyl (C=O) groups is 1. The fourth-order valence-corrected chi connectivity index (χ4v) is 4.55. The van der Waals surface area contributed by atoms with Crippen molar-refractivity contribution in [3.05, 3.63) is 90.0 Å². The van der Waals surface area contributed by atoms with Crippen LogP contribution in [0.5, 0.6) is 5.75 Å². The highest BCUT2D eigenvalue weighted by Crippen LogP contribution is 2.36. The van der Waals surface area contributed by atoms with Crippen LogP contribution in [-0.2, 0) is 4.79 Å². The van der Waals surface area contributed by atoms with Crippen LogP contribution in [0.3, 0.4) is 0 Å². The molecule has 0 aliphatic rings. The summed E-state index contributed by atoms with van der Waals surface area (Å²) < 4.78 is 6.79. The van der Waals surface area contributed by atoms with Crippen molar-refractivity contribution in [3.63, 3.8) is 0 Å². The van der Waals surface area contributed by atoms with Gasteiger partial charge in [0, 0.05) is 10.6 Å². The Balaban J connectivity index is 1.35. The molecule has 4 aromatic carbocycles. The van der Waals surface area contributed by atoms with Crippen molar-refractivity contribution < 1.29 is 9.53 Å². The molecule has 4 nitrogen and oxygen atoms in total.